The van der Waals surface area contributed by atoms with Crippen LogP contribution in [-0.2, 0) is 0 Å². The Morgan fingerprint density at radius 2 is 2.00 bits per heavy atom. The first-order valence-corrected chi connectivity index (χ1v) is 5.95. The highest BCUT2D eigenvalue weighted by Crippen LogP contribution is 2.26. The maximum Gasteiger partial charge on any atom is 0.215 e. The first-order chi connectivity index (χ1) is 9.19. The van der Waals surface area contributed by atoms with E-state index in [9.17, 15) is 0 Å². The zero-order valence-electron chi connectivity index (χ0n) is 10.8. The van der Waals surface area contributed by atoms with E-state index in [0.717, 1.165) is 28.2 Å². The third-order valence-corrected chi connectivity index (χ3v) is 3.16. The van der Waals surface area contributed by atoms with Crippen LogP contribution < -0.4 is 10.5 Å². The van der Waals surface area contributed by atoms with E-state index >= 15 is 0 Å². The van der Waals surface area contributed by atoms with E-state index in [4.69, 9.17) is 10.5 Å². The van der Waals surface area contributed by atoms with Gasteiger partial charge in [0.05, 0.1) is 12.6 Å². The molecule has 5 heteroatoms. The number of benzene rings is 1. The van der Waals surface area contributed by atoms with Crippen molar-refractivity contribution in [1.82, 2.24) is 15.0 Å². The van der Waals surface area contributed by atoms with Crippen molar-refractivity contribution in [3.05, 3.63) is 35.9 Å². The van der Waals surface area contributed by atoms with Gasteiger partial charge in [-0.15, -0.1) is 0 Å². The summed E-state index contributed by atoms with van der Waals surface area (Å²) in [6.45, 7) is 1.98. The predicted molar refractivity (Wildman–Crippen MR) is 75.0 cm³/mol. The van der Waals surface area contributed by atoms with Gasteiger partial charge in [0.15, 0.2) is 5.65 Å². The van der Waals surface area contributed by atoms with Crippen molar-refractivity contribution in [3.8, 4) is 17.3 Å². The van der Waals surface area contributed by atoms with Crippen LogP contribution in [0, 0.1) is 6.92 Å². The molecule has 3 N–H and O–H groups in total. The Kier molecular flexibility index (Phi) is 2.59. The summed E-state index contributed by atoms with van der Waals surface area (Å²) in [5, 5.41) is 0. The van der Waals surface area contributed by atoms with Gasteiger partial charge in [-0.2, -0.15) is 4.98 Å². The van der Waals surface area contributed by atoms with Crippen LogP contribution in [0.3, 0.4) is 0 Å². The van der Waals surface area contributed by atoms with Gasteiger partial charge in [-0.25, -0.2) is 4.98 Å². The number of hydrogen-bond acceptors (Lipinski definition) is 4. The summed E-state index contributed by atoms with van der Waals surface area (Å²) in [6.07, 6.45) is 0. The zero-order chi connectivity index (χ0) is 13.4. The average molecular weight is 254 g/mol. The molecule has 19 heavy (non-hydrogen) atoms. The number of aromatic nitrogens is 3. The number of imidazole rings is 1. The van der Waals surface area contributed by atoms with Crippen LogP contribution in [-0.4, -0.2) is 22.1 Å². The van der Waals surface area contributed by atoms with Crippen LogP contribution in [0.4, 0.5) is 5.69 Å². The number of rotatable bonds is 2. The molecule has 0 radical (unpaired) electrons. The van der Waals surface area contributed by atoms with Crippen LogP contribution >= 0.6 is 0 Å². The van der Waals surface area contributed by atoms with E-state index in [0.29, 0.717) is 11.5 Å². The predicted octanol–water partition coefficient (Wildman–Crippen LogP) is 2.52. The summed E-state index contributed by atoms with van der Waals surface area (Å²) in [4.78, 5) is 12.0. The summed E-state index contributed by atoms with van der Waals surface area (Å²) in [7, 11) is 1.59. The maximum atomic E-state index is 5.92. The molecular formula is C14H14N4O. The number of nitrogens with one attached hydrogen (secondary N) is 1. The van der Waals surface area contributed by atoms with E-state index in [1.54, 1.807) is 13.2 Å². The van der Waals surface area contributed by atoms with Crippen molar-refractivity contribution < 1.29 is 4.74 Å². The maximum absolute atomic E-state index is 5.92. The van der Waals surface area contributed by atoms with Gasteiger partial charge in [-0.3, -0.25) is 0 Å². The van der Waals surface area contributed by atoms with Crippen molar-refractivity contribution in [1.29, 1.82) is 0 Å². The molecule has 0 spiro atoms. The number of anilines is 1. The van der Waals surface area contributed by atoms with Crippen LogP contribution in [0.5, 0.6) is 5.88 Å². The molecule has 0 saturated heterocycles. The molecule has 0 unspecified atom stereocenters. The highest BCUT2D eigenvalue weighted by Gasteiger charge is 2.10. The molecule has 2 heterocycles. The topological polar surface area (TPSA) is 76.8 Å². The molecule has 0 saturated carbocycles. The normalized spacial score (nSPS) is 10.8. The smallest absolute Gasteiger partial charge is 0.215 e. The molecule has 0 aliphatic carbocycles. The largest absolute Gasteiger partial charge is 0.481 e. The Morgan fingerprint density at radius 3 is 2.79 bits per heavy atom. The molecule has 0 fully saturated rings. The number of ether oxygens (including phenoxy) is 1. The molecule has 0 atom stereocenters. The number of methoxy groups -OCH3 is 1. The summed E-state index contributed by atoms with van der Waals surface area (Å²) < 4.78 is 5.10. The summed E-state index contributed by atoms with van der Waals surface area (Å²) in [5.41, 5.74) is 10.2. The van der Waals surface area contributed by atoms with Gasteiger partial charge in [0, 0.05) is 17.3 Å². The van der Waals surface area contributed by atoms with Crippen LogP contribution in [0.25, 0.3) is 22.6 Å². The van der Waals surface area contributed by atoms with E-state index in [1.807, 2.05) is 31.2 Å². The van der Waals surface area contributed by atoms with E-state index < -0.39 is 0 Å². The number of pyridine rings is 1. The standard InChI is InChI=1S/C14H14N4O/c1-8-9(4-3-5-10(8)15)13-16-11-6-7-12(19-2)17-14(11)18-13/h3-7H,15H2,1-2H3,(H,16,17,18). The molecule has 0 aliphatic heterocycles. The highest BCUT2D eigenvalue weighted by molar-refractivity contribution is 5.78. The SMILES string of the molecule is COc1ccc2[nH]c(-c3cccc(N)c3C)nc2n1. The summed E-state index contributed by atoms with van der Waals surface area (Å²) in [6, 6.07) is 9.48. The molecule has 3 aromatic rings. The second-order valence-electron chi connectivity index (χ2n) is 4.33. The summed E-state index contributed by atoms with van der Waals surface area (Å²) >= 11 is 0. The van der Waals surface area contributed by atoms with Crippen molar-refractivity contribution in [3.63, 3.8) is 0 Å². The first kappa shape index (κ1) is 11.5. The molecule has 3 rings (SSSR count). The fraction of sp³-hybridized carbons (Fsp3) is 0.143. The molecule has 1 aromatic carbocycles. The molecular weight excluding hydrogens is 240 g/mol. The fourth-order valence-corrected chi connectivity index (χ4v) is 2.03. The second-order valence-corrected chi connectivity index (χ2v) is 4.33. The highest BCUT2D eigenvalue weighted by atomic mass is 16.5. The van der Waals surface area contributed by atoms with Gasteiger partial charge in [-0.05, 0) is 24.6 Å². The molecule has 0 bridgehead atoms. The van der Waals surface area contributed by atoms with Gasteiger partial charge in [0.25, 0.3) is 0 Å². The van der Waals surface area contributed by atoms with Crippen LogP contribution in [0.2, 0.25) is 0 Å². The van der Waals surface area contributed by atoms with Crippen LogP contribution in [0.1, 0.15) is 5.56 Å². The second kappa shape index (κ2) is 4.28. The molecule has 5 nitrogen and oxygen atoms in total. The number of H-pyrrole nitrogens is 1. The van der Waals surface area contributed by atoms with Crippen molar-refractivity contribution in [2.75, 3.05) is 12.8 Å². The monoisotopic (exact) mass is 254 g/mol. The first-order valence-electron chi connectivity index (χ1n) is 5.95. The number of nitrogens with zero attached hydrogens (tertiary/aromatic N) is 2. The Hall–Kier alpha value is -2.56. The Morgan fingerprint density at radius 1 is 1.16 bits per heavy atom. The van der Waals surface area contributed by atoms with E-state index in [1.165, 1.54) is 0 Å². The van der Waals surface area contributed by atoms with Gasteiger partial charge in [0.2, 0.25) is 5.88 Å². The third-order valence-electron chi connectivity index (χ3n) is 3.16. The van der Waals surface area contributed by atoms with Crippen molar-refractivity contribution in [2.24, 2.45) is 0 Å². The third kappa shape index (κ3) is 1.89. The molecule has 0 aliphatic rings. The lowest BCUT2D eigenvalue weighted by Crippen LogP contribution is -1.92. The minimum Gasteiger partial charge on any atom is -0.481 e. The van der Waals surface area contributed by atoms with E-state index in [2.05, 4.69) is 15.0 Å². The molecule has 2 aromatic heterocycles. The minimum absolute atomic E-state index is 0.551. The van der Waals surface area contributed by atoms with Gasteiger partial charge in [-0.1, -0.05) is 12.1 Å². The van der Waals surface area contributed by atoms with Crippen molar-refractivity contribution in [2.45, 2.75) is 6.92 Å². The Labute approximate surface area is 110 Å². The lowest BCUT2D eigenvalue weighted by molar-refractivity contribution is 0.399. The Balaban J connectivity index is 2.18. The number of nitrogen functional groups attached to an aromatic ring is 1. The average Bonchev–Trinajstić information content (AvgIpc) is 2.84. The zero-order valence-corrected chi connectivity index (χ0v) is 10.8. The lowest BCUT2D eigenvalue weighted by atomic mass is 10.1. The van der Waals surface area contributed by atoms with Gasteiger partial charge in [0.1, 0.15) is 5.82 Å². The summed E-state index contributed by atoms with van der Waals surface area (Å²) in [5.74, 6) is 1.32. The van der Waals surface area contributed by atoms with Gasteiger partial charge < -0.3 is 15.5 Å². The molecule has 96 valence electrons. The lowest BCUT2D eigenvalue weighted by Gasteiger charge is -2.04. The number of fused-ring (bicyclic) bond motifs is 1. The number of nitrogens with two attached hydrogens (primary N) is 1. The van der Waals surface area contributed by atoms with Crippen molar-refractivity contribution >= 4 is 16.9 Å². The van der Waals surface area contributed by atoms with Gasteiger partial charge >= 0.3 is 0 Å². The quantitative estimate of drug-likeness (QED) is 0.689. The number of hydrogen-bond donors (Lipinski definition) is 2. The van der Waals surface area contributed by atoms with Crippen LogP contribution in [0.15, 0.2) is 30.3 Å². The minimum atomic E-state index is 0.551. The van der Waals surface area contributed by atoms with E-state index in [-0.39, 0.29) is 0 Å². The number of aromatic amines is 1. The molecule has 0 amide bonds. The fourth-order valence-electron chi connectivity index (χ4n) is 2.03. The Bertz CT molecular complexity index is 748.